The minimum absolute atomic E-state index is 0.140. The van der Waals surface area contributed by atoms with Crippen molar-refractivity contribution in [3.8, 4) is 28.4 Å². The first kappa shape index (κ1) is 19.0. The van der Waals surface area contributed by atoms with Gasteiger partial charge in [0.15, 0.2) is 0 Å². The van der Waals surface area contributed by atoms with Gasteiger partial charge in [-0.3, -0.25) is 0 Å². The molecule has 1 unspecified atom stereocenters. The Morgan fingerprint density at radius 3 is 2.04 bits per heavy atom. The maximum atomic E-state index is 6.46. The van der Waals surface area contributed by atoms with Crippen LogP contribution in [-0.2, 0) is 0 Å². The van der Waals surface area contributed by atoms with Crippen molar-refractivity contribution >= 4 is 13.2 Å². The highest BCUT2D eigenvalue weighted by Gasteiger charge is 2.44. The van der Waals surface area contributed by atoms with Crippen LogP contribution in [0.4, 0.5) is 0 Å². The third kappa shape index (κ3) is 3.18. The van der Waals surface area contributed by atoms with Gasteiger partial charge in [-0.15, -0.1) is 0 Å². The SMILES string of the molecule is COc1cccc(OC)c1-c1cccc2c1P(C(C)(C)C)[C@@H](C(C)C)O2. The van der Waals surface area contributed by atoms with Crippen LogP contribution in [0, 0.1) is 5.92 Å². The van der Waals surface area contributed by atoms with Crippen molar-refractivity contribution in [2.24, 2.45) is 5.92 Å². The van der Waals surface area contributed by atoms with Crippen molar-refractivity contribution in [3.05, 3.63) is 36.4 Å². The van der Waals surface area contributed by atoms with E-state index in [1.54, 1.807) is 14.2 Å². The normalized spacial score (nSPS) is 19.2. The standard InChI is InChI=1S/C22H29O3P/c1-14(2)21-25-18-13-8-10-15(20(18)26(21)22(3,4)5)19-16(23-6)11-9-12-17(19)24-7/h8-14,21H,1-7H3/t21-,26?/m0/s1. The fraction of sp³-hybridized carbons (Fsp3) is 0.455. The van der Waals surface area contributed by atoms with Crippen LogP contribution in [0.5, 0.6) is 17.2 Å². The van der Waals surface area contributed by atoms with Gasteiger partial charge in [-0.1, -0.05) is 52.8 Å². The fourth-order valence-electron chi connectivity index (χ4n) is 3.65. The summed E-state index contributed by atoms with van der Waals surface area (Å²) < 4.78 is 17.8. The predicted molar refractivity (Wildman–Crippen MR) is 111 cm³/mol. The van der Waals surface area contributed by atoms with Crippen LogP contribution in [-0.4, -0.2) is 25.2 Å². The number of hydrogen-bond acceptors (Lipinski definition) is 3. The molecule has 0 fully saturated rings. The van der Waals surface area contributed by atoms with Crippen molar-refractivity contribution in [3.63, 3.8) is 0 Å². The van der Waals surface area contributed by atoms with Crippen molar-refractivity contribution in [1.82, 2.24) is 0 Å². The van der Waals surface area contributed by atoms with E-state index in [1.807, 2.05) is 18.2 Å². The zero-order valence-electron chi connectivity index (χ0n) is 16.8. The number of benzene rings is 2. The fourth-order valence-corrected chi connectivity index (χ4v) is 6.96. The van der Waals surface area contributed by atoms with Crippen molar-refractivity contribution in [2.45, 2.75) is 45.6 Å². The summed E-state index contributed by atoms with van der Waals surface area (Å²) in [7, 11) is 2.90. The second-order valence-corrected chi connectivity index (χ2v) is 11.0. The predicted octanol–water partition coefficient (Wildman–Crippen LogP) is 5.65. The van der Waals surface area contributed by atoms with E-state index < -0.39 is 7.92 Å². The van der Waals surface area contributed by atoms with E-state index in [4.69, 9.17) is 14.2 Å². The third-order valence-electron chi connectivity index (χ3n) is 4.73. The van der Waals surface area contributed by atoms with Crippen LogP contribution in [0.1, 0.15) is 34.6 Å². The zero-order valence-corrected chi connectivity index (χ0v) is 17.7. The largest absolute Gasteiger partial charge is 0.496 e. The first-order valence-electron chi connectivity index (χ1n) is 9.10. The van der Waals surface area contributed by atoms with E-state index in [-0.39, 0.29) is 11.0 Å². The molecule has 0 aromatic heterocycles. The van der Waals surface area contributed by atoms with E-state index in [0.29, 0.717) is 5.92 Å². The van der Waals surface area contributed by atoms with Gasteiger partial charge >= 0.3 is 0 Å². The first-order chi connectivity index (χ1) is 12.3. The third-order valence-corrected chi connectivity index (χ3v) is 8.33. The van der Waals surface area contributed by atoms with Crippen molar-refractivity contribution < 1.29 is 14.2 Å². The van der Waals surface area contributed by atoms with Gasteiger partial charge in [-0.2, -0.15) is 0 Å². The molecule has 0 saturated carbocycles. The molecular weight excluding hydrogens is 343 g/mol. The van der Waals surface area contributed by atoms with Crippen LogP contribution in [0.15, 0.2) is 36.4 Å². The van der Waals surface area contributed by atoms with E-state index in [1.165, 1.54) is 10.9 Å². The van der Waals surface area contributed by atoms with Gasteiger partial charge in [-0.25, -0.2) is 0 Å². The molecule has 0 N–H and O–H groups in total. The minimum atomic E-state index is -0.517. The number of ether oxygens (including phenoxy) is 3. The van der Waals surface area contributed by atoms with E-state index in [0.717, 1.165) is 22.8 Å². The molecule has 3 rings (SSSR count). The van der Waals surface area contributed by atoms with E-state index in [2.05, 4.69) is 52.8 Å². The lowest BCUT2D eigenvalue weighted by molar-refractivity contribution is 0.240. The van der Waals surface area contributed by atoms with Gasteiger partial charge < -0.3 is 14.2 Å². The molecule has 26 heavy (non-hydrogen) atoms. The molecule has 0 spiro atoms. The maximum absolute atomic E-state index is 6.46. The average Bonchev–Trinajstić information content (AvgIpc) is 3.01. The Balaban J connectivity index is 2.29. The van der Waals surface area contributed by atoms with Gasteiger partial charge in [0, 0.05) is 10.9 Å². The molecule has 0 aliphatic carbocycles. The Bertz CT molecular complexity index is 770. The molecule has 1 heterocycles. The Morgan fingerprint density at radius 2 is 1.54 bits per heavy atom. The molecule has 2 aromatic rings. The highest BCUT2D eigenvalue weighted by atomic mass is 31.1. The minimum Gasteiger partial charge on any atom is -0.496 e. The first-order valence-corrected chi connectivity index (χ1v) is 10.5. The second kappa shape index (κ2) is 7.12. The summed E-state index contributed by atoms with van der Waals surface area (Å²) in [5, 5.41) is 1.47. The molecule has 3 nitrogen and oxygen atoms in total. The summed E-state index contributed by atoms with van der Waals surface area (Å²) >= 11 is 0. The number of fused-ring (bicyclic) bond motifs is 1. The Kier molecular flexibility index (Phi) is 5.21. The van der Waals surface area contributed by atoms with Gasteiger partial charge in [0.05, 0.1) is 19.8 Å². The second-order valence-electron chi connectivity index (χ2n) is 7.98. The highest BCUT2D eigenvalue weighted by Crippen LogP contribution is 2.62. The average molecular weight is 372 g/mol. The number of rotatable bonds is 4. The molecule has 1 aliphatic heterocycles. The van der Waals surface area contributed by atoms with Crippen LogP contribution >= 0.6 is 7.92 Å². The van der Waals surface area contributed by atoms with E-state index in [9.17, 15) is 0 Å². The summed E-state index contributed by atoms with van der Waals surface area (Å²) in [5.41, 5.74) is 2.18. The molecule has 140 valence electrons. The smallest absolute Gasteiger partial charge is 0.130 e. The van der Waals surface area contributed by atoms with Gasteiger partial charge in [0.2, 0.25) is 0 Å². The molecule has 0 radical (unpaired) electrons. The van der Waals surface area contributed by atoms with E-state index >= 15 is 0 Å². The highest BCUT2D eigenvalue weighted by molar-refractivity contribution is 7.68. The van der Waals surface area contributed by atoms with Crippen molar-refractivity contribution in [1.29, 1.82) is 0 Å². The molecule has 4 heteroatoms. The number of methoxy groups -OCH3 is 2. The topological polar surface area (TPSA) is 27.7 Å². The molecule has 2 atom stereocenters. The summed E-state index contributed by atoms with van der Waals surface area (Å²) in [6.07, 6.45) is 0. The zero-order chi connectivity index (χ0) is 19.1. The quantitative estimate of drug-likeness (QED) is 0.649. The van der Waals surface area contributed by atoms with Crippen LogP contribution < -0.4 is 19.5 Å². The summed E-state index contributed by atoms with van der Waals surface area (Å²) in [6.45, 7) is 11.5. The monoisotopic (exact) mass is 372 g/mol. The maximum Gasteiger partial charge on any atom is 0.130 e. The molecule has 0 bridgehead atoms. The lowest BCUT2D eigenvalue weighted by atomic mass is 10.0. The van der Waals surface area contributed by atoms with Crippen LogP contribution in [0.25, 0.3) is 11.1 Å². The Morgan fingerprint density at radius 1 is 0.962 bits per heavy atom. The van der Waals surface area contributed by atoms with Gasteiger partial charge in [0.25, 0.3) is 0 Å². The van der Waals surface area contributed by atoms with Crippen LogP contribution in [0.2, 0.25) is 0 Å². The molecule has 2 aromatic carbocycles. The van der Waals surface area contributed by atoms with Crippen molar-refractivity contribution in [2.75, 3.05) is 14.2 Å². The van der Waals surface area contributed by atoms with Crippen LogP contribution in [0.3, 0.4) is 0 Å². The summed E-state index contributed by atoms with van der Waals surface area (Å²) in [4.78, 5) is 0. The number of hydrogen-bond donors (Lipinski definition) is 0. The Hall–Kier alpha value is -1.73. The van der Waals surface area contributed by atoms with Gasteiger partial charge in [-0.05, 0) is 37.2 Å². The molecule has 0 amide bonds. The summed E-state index contributed by atoms with van der Waals surface area (Å²) in [5.74, 6) is 3.35. The lowest BCUT2D eigenvalue weighted by Gasteiger charge is -2.34. The molecule has 1 aliphatic rings. The molecular formula is C22H29O3P. The van der Waals surface area contributed by atoms with Gasteiger partial charge in [0.1, 0.15) is 23.1 Å². The Labute approximate surface area is 158 Å². The lowest BCUT2D eigenvalue weighted by Crippen LogP contribution is -2.28. The summed E-state index contributed by atoms with van der Waals surface area (Å²) in [6, 6.07) is 12.3. The molecule has 0 saturated heterocycles.